The van der Waals surface area contributed by atoms with Crippen LogP contribution in [-0.4, -0.2) is 27.7 Å². The highest BCUT2D eigenvalue weighted by Crippen LogP contribution is 2.37. The quantitative estimate of drug-likeness (QED) is 0.297. The van der Waals surface area contributed by atoms with Crippen molar-refractivity contribution in [3.05, 3.63) is 77.7 Å². The van der Waals surface area contributed by atoms with Gasteiger partial charge in [0.2, 0.25) is 0 Å². The Bertz CT molecular complexity index is 1750. The molecule has 0 spiro atoms. The molecule has 0 atom stereocenters. The summed E-state index contributed by atoms with van der Waals surface area (Å²) in [5.41, 5.74) is 4.23. The zero-order valence-corrected chi connectivity index (χ0v) is 20.1. The molecule has 2 aromatic heterocycles. The fraction of sp³-hybridized carbons (Fsp3) is 0.207. The Morgan fingerprint density at radius 3 is 2.35 bits per heavy atom. The van der Waals surface area contributed by atoms with Crippen LogP contribution in [0.3, 0.4) is 0 Å². The maximum Gasteiger partial charge on any atom is 0.494 e. The Balaban J connectivity index is 1.74. The van der Waals surface area contributed by atoms with Crippen LogP contribution < -0.4 is 15.9 Å². The summed E-state index contributed by atoms with van der Waals surface area (Å²) >= 11 is 0. The van der Waals surface area contributed by atoms with Gasteiger partial charge in [0.25, 0.3) is 0 Å². The lowest BCUT2D eigenvalue weighted by Crippen LogP contribution is -2.41. The minimum atomic E-state index is -0.429. The highest BCUT2D eigenvalue weighted by atomic mass is 16.7. The number of pyridine rings is 1. The predicted octanol–water partition coefficient (Wildman–Crippen LogP) is 4.47. The average molecular weight is 446 g/mol. The van der Waals surface area contributed by atoms with Crippen LogP contribution in [0.2, 0.25) is 0 Å². The number of hydrogen-bond donors (Lipinski definition) is 0. The topological polar surface area (TPSA) is 35.8 Å². The molecule has 0 saturated carbocycles. The Morgan fingerprint density at radius 1 is 0.882 bits per heavy atom. The molecular weight excluding hydrogens is 419 g/mol. The monoisotopic (exact) mass is 446 g/mol. The van der Waals surface area contributed by atoms with E-state index in [1.807, 2.05) is 12.1 Å². The van der Waals surface area contributed by atoms with Crippen molar-refractivity contribution in [3.8, 4) is 0 Å². The summed E-state index contributed by atoms with van der Waals surface area (Å²) in [7, 11) is -0.429. The van der Waals surface area contributed by atoms with E-state index in [9.17, 15) is 0 Å². The van der Waals surface area contributed by atoms with Gasteiger partial charge in [-0.3, -0.25) is 4.40 Å². The van der Waals surface area contributed by atoms with Crippen molar-refractivity contribution in [2.45, 2.75) is 38.9 Å². The van der Waals surface area contributed by atoms with E-state index in [1.165, 1.54) is 0 Å². The molecule has 1 fully saturated rings. The second-order valence-corrected chi connectivity index (χ2v) is 10.1. The number of nitrogens with zero attached hydrogens (tertiary/aromatic N) is 2. The van der Waals surface area contributed by atoms with Gasteiger partial charge in [-0.05, 0) is 79.3 Å². The number of rotatable bonds is 2. The normalized spacial score (nSPS) is 18.0. The van der Waals surface area contributed by atoms with Crippen LogP contribution in [0, 0.1) is 0 Å². The highest BCUT2D eigenvalue weighted by Gasteiger charge is 2.51. The maximum atomic E-state index is 6.36. The largest absolute Gasteiger partial charge is 0.494 e. The summed E-state index contributed by atoms with van der Waals surface area (Å²) in [4.78, 5) is 5.03. The minimum Gasteiger partial charge on any atom is -0.399 e. The van der Waals surface area contributed by atoms with Gasteiger partial charge in [-0.1, -0.05) is 49.6 Å². The van der Waals surface area contributed by atoms with E-state index < -0.39 is 18.3 Å². The fourth-order valence-corrected chi connectivity index (χ4v) is 4.89. The number of para-hydroxylation sites is 2. The summed E-state index contributed by atoms with van der Waals surface area (Å²) in [5, 5.41) is 5.37. The molecule has 0 amide bonds. The molecular formula is C29H27BN2O2. The van der Waals surface area contributed by atoms with Crippen molar-refractivity contribution >= 4 is 63.6 Å². The first kappa shape index (κ1) is 21.1. The molecule has 4 nitrogen and oxygen atoms in total. The summed E-state index contributed by atoms with van der Waals surface area (Å²) in [6.45, 7) is 16.5. The number of benzene rings is 3. The minimum absolute atomic E-state index is 0.396. The number of hydrogen-bond acceptors (Lipinski definition) is 3. The van der Waals surface area contributed by atoms with Gasteiger partial charge in [0.05, 0.1) is 27.8 Å². The Morgan fingerprint density at radius 2 is 1.62 bits per heavy atom. The molecule has 0 aliphatic carbocycles. The van der Waals surface area contributed by atoms with E-state index in [2.05, 4.69) is 93.8 Å². The van der Waals surface area contributed by atoms with Gasteiger partial charge < -0.3 is 9.31 Å². The van der Waals surface area contributed by atoms with Crippen LogP contribution in [0.5, 0.6) is 0 Å². The van der Waals surface area contributed by atoms with Crippen molar-refractivity contribution in [2.24, 2.45) is 0 Å². The van der Waals surface area contributed by atoms with E-state index in [4.69, 9.17) is 14.3 Å². The maximum absolute atomic E-state index is 6.36. The van der Waals surface area contributed by atoms with E-state index >= 15 is 0 Å². The second kappa shape index (κ2) is 7.05. The summed E-state index contributed by atoms with van der Waals surface area (Å²) in [6, 6.07) is 19.1. The van der Waals surface area contributed by atoms with Crippen LogP contribution in [0.15, 0.2) is 67.3 Å². The zero-order chi connectivity index (χ0) is 23.8. The molecule has 0 radical (unpaired) electrons. The van der Waals surface area contributed by atoms with E-state index in [1.54, 1.807) is 6.08 Å². The van der Waals surface area contributed by atoms with Crippen molar-refractivity contribution in [1.29, 1.82) is 0 Å². The highest BCUT2D eigenvalue weighted by molar-refractivity contribution is 6.62. The SMILES string of the molecule is C=C/C=c1/cc2c3ccc(B4OC(C)(C)C(C)(C)O4)cc3n3c4ccccc4nc3c2cc1=C. The number of fused-ring (bicyclic) bond motifs is 8. The molecule has 3 aromatic carbocycles. The Kier molecular flexibility index (Phi) is 4.38. The van der Waals surface area contributed by atoms with Crippen LogP contribution in [-0.2, 0) is 9.31 Å². The lowest BCUT2D eigenvalue weighted by atomic mass is 9.78. The standard InChI is InChI=1S/C29H27BN2O2/c1-7-10-19-16-22-21-14-13-20(30-33-28(3,4)29(5,6)34-30)17-26(21)32-25-12-9-8-11-24(25)31-27(32)23(22)15-18(19)2/h7-17H,1-2H2,3-6H3/b19-10-. The molecule has 1 saturated heterocycles. The molecule has 1 aliphatic rings. The lowest BCUT2D eigenvalue weighted by Gasteiger charge is -2.32. The van der Waals surface area contributed by atoms with Crippen molar-refractivity contribution < 1.29 is 9.31 Å². The summed E-state index contributed by atoms with van der Waals surface area (Å²) < 4.78 is 15.0. The van der Waals surface area contributed by atoms with Crippen molar-refractivity contribution in [1.82, 2.24) is 9.38 Å². The number of allylic oxidation sites excluding steroid dienone is 1. The van der Waals surface area contributed by atoms with Crippen LogP contribution in [0.1, 0.15) is 27.7 Å². The number of aromatic nitrogens is 2. The van der Waals surface area contributed by atoms with Gasteiger partial charge >= 0.3 is 7.12 Å². The van der Waals surface area contributed by atoms with Crippen LogP contribution in [0.25, 0.3) is 51.0 Å². The van der Waals surface area contributed by atoms with Gasteiger partial charge in [-0.25, -0.2) is 4.98 Å². The Labute approximate surface area is 199 Å². The van der Waals surface area contributed by atoms with E-state index in [0.717, 1.165) is 54.3 Å². The number of imidazole rings is 1. The van der Waals surface area contributed by atoms with E-state index in [-0.39, 0.29) is 0 Å². The van der Waals surface area contributed by atoms with Crippen molar-refractivity contribution in [3.63, 3.8) is 0 Å². The third kappa shape index (κ3) is 2.90. The van der Waals surface area contributed by atoms with Crippen LogP contribution in [0.4, 0.5) is 0 Å². The fourth-order valence-electron chi connectivity index (χ4n) is 4.89. The molecule has 0 bridgehead atoms. The predicted molar refractivity (Wildman–Crippen MR) is 143 cm³/mol. The molecule has 5 heteroatoms. The smallest absolute Gasteiger partial charge is 0.399 e. The third-order valence-corrected chi connectivity index (χ3v) is 7.46. The van der Waals surface area contributed by atoms with Gasteiger partial charge in [0.1, 0.15) is 5.65 Å². The molecule has 6 rings (SSSR count). The third-order valence-electron chi connectivity index (χ3n) is 7.46. The molecule has 168 valence electrons. The van der Waals surface area contributed by atoms with Gasteiger partial charge in [0.15, 0.2) is 0 Å². The average Bonchev–Trinajstić information content (AvgIpc) is 3.28. The first-order valence-corrected chi connectivity index (χ1v) is 11.6. The first-order chi connectivity index (χ1) is 16.2. The molecule has 0 unspecified atom stereocenters. The van der Waals surface area contributed by atoms with Crippen LogP contribution >= 0.6 is 0 Å². The second-order valence-electron chi connectivity index (χ2n) is 10.1. The first-order valence-electron chi connectivity index (χ1n) is 11.6. The molecule has 34 heavy (non-hydrogen) atoms. The summed E-state index contributed by atoms with van der Waals surface area (Å²) in [6.07, 6.45) is 3.80. The van der Waals surface area contributed by atoms with E-state index in [0.29, 0.717) is 0 Å². The van der Waals surface area contributed by atoms with Gasteiger partial charge in [-0.15, -0.1) is 0 Å². The molecule has 1 aliphatic heterocycles. The van der Waals surface area contributed by atoms with Gasteiger partial charge in [0, 0.05) is 10.8 Å². The summed E-state index contributed by atoms with van der Waals surface area (Å²) in [5.74, 6) is 0. The molecule has 5 aromatic rings. The molecule has 0 N–H and O–H groups in total. The lowest BCUT2D eigenvalue weighted by molar-refractivity contribution is 0.00578. The van der Waals surface area contributed by atoms with Crippen molar-refractivity contribution in [2.75, 3.05) is 0 Å². The van der Waals surface area contributed by atoms with Gasteiger partial charge in [-0.2, -0.15) is 0 Å². The zero-order valence-electron chi connectivity index (χ0n) is 20.1. The molecule has 3 heterocycles. The Hall–Kier alpha value is -3.41.